The van der Waals surface area contributed by atoms with E-state index in [4.69, 9.17) is 13.6 Å². The Hall–Kier alpha value is -3.42. The van der Waals surface area contributed by atoms with Crippen molar-refractivity contribution >= 4 is 11.9 Å². The zero-order valence-electron chi connectivity index (χ0n) is 12.6. The molecule has 0 aliphatic carbocycles. The number of furan rings is 1. The molecule has 0 spiro atoms. The number of nitrogens with one attached hydrogen (secondary N) is 1. The average Bonchev–Trinajstić information content (AvgIpc) is 3.30. The summed E-state index contributed by atoms with van der Waals surface area (Å²) in [6.45, 7) is 0. The molecule has 8 nitrogen and oxygen atoms in total. The van der Waals surface area contributed by atoms with Crippen molar-refractivity contribution in [1.82, 2.24) is 15.5 Å². The molecule has 2 aromatic heterocycles. The summed E-state index contributed by atoms with van der Waals surface area (Å²) in [4.78, 5) is 24.2. The van der Waals surface area contributed by atoms with Crippen molar-refractivity contribution in [1.29, 1.82) is 0 Å². The van der Waals surface area contributed by atoms with Crippen molar-refractivity contribution in [3.63, 3.8) is 0 Å². The van der Waals surface area contributed by atoms with Crippen molar-refractivity contribution in [2.24, 2.45) is 0 Å². The second-order valence-electron chi connectivity index (χ2n) is 4.72. The molecular formula is C16H13N3O5. The number of carbonyl (C=O) groups is 2. The molecule has 0 radical (unpaired) electrons. The third kappa shape index (κ3) is 3.17. The molecule has 3 rings (SSSR count). The zero-order valence-corrected chi connectivity index (χ0v) is 12.6. The minimum absolute atomic E-state index is 0.0952. The Morgan fingerprint density at radius 2 is 1.92 bits per heavy atom. The van der Waals surface area contributed by atoms with Gasteiger partial charge in [0.15, 0.2) is 5.76 Å². The van der Waals surface area contributed by atoms with Crippen LogP contribution >= 0.6 is 0 Å². The molecular weight excluding hydrogens is 314 g/mol. The maximum absolute atomic E-state index is 12.3. The molecule has 24 heavy (non-hydrogen) atoms. The molecule has 3 aromatic rings. The van der Waals surface area contributed by atoms with Gasteiger partial charge in [0.2, 0.25) is 6.04 Å². The van der Waals surface area contributed by atoms with Crippen LogP contribution in [-0.4, -0.2) is 29.2 Å². The Labute approximate surface area is 136 Å². The van der Waals surface area contributed by atoms with Gasteiger partial charge in [0.25, 0.3) is 17.7 Å². The lowest BCUT2D eigenvalue weighted by atomic mass is 10.2. The average molecular weight is 327 g/mol. The number of nitrogens with zero attached hydrogens (tertiary/aromatic N) is 2. The Morgan fingerprint density at radius 1 is 1.12 bits per heavy atom. The predicted molar refractivity (Wildman–Crippen MR) is 80.7 cm³/mol. The van der Waals surface area contributed by atoms with Crippen molar-refractivity contribution < 1.29 is 23.2 Å². The maximum atomic E-state index is 12.3. The molecule has 1 amide bonds. The summed E-state index contributed by atoms with van der Waals surface area (Å²) in [5.74, 6) is -0.847. The lowest BCUT2D eigenvalue weighted by Gasteiger charge is -2.12. The van der Waals surface area contributed by atoms with Crippen LogP contribution in [0.25, 0.3) is 11.7 Å². The fourth-order valence-corrected chi connectivity index (χ4v) is 1.99. The highest BCUT2D eigenvalue weighted by atomic mass is 16.5. The number of carbonyl (C=O) groups excluding carboxylic acids is 2. The molecule has 0 aliphatic rings. The van der Waals surface area contributed by atoms with Crippen molar-refractivity contribution in [2.45, 2.75) is 6.04 Å². The Kier molecular flexibility index (Phi) is 4.37. The number of aromatic nitrogens is 2. The van der Waals surface area contributed by atoms with Crippen LogP contribution in [0.1, 0.15) is 22.3 Å². The second kappa shape index (κ2) is 6.78. The van der Waals surface area contributed by atoms with Crippen LogP contribution in [0.2, 0.25) is 0 Å². The van der Waals surface area contributed by atoms with Gasteiger partial charge in [-0.2, -0.15) is 0 Å². The van der Waals surface area contributed by atoms with Crippen LogP contribution in [0.15, 0.2) is 57.6 Å². The monoisotopic (exact) mass is 327 g/mol. The topological polar surface area (TPSA) is 107 Å². The number of esters is 1. The van der Waals surface area contributed by atoms with Crippen molar-refractivity contribution in [2.75, 3.05) is 7.11 Å². The molecule has 0 saturated carbocycles. The van der Waals surface area contributed by atoms with E-state index in [1.165, 1.54) is 13.4 Å². The number of hydrogen-bond acceptors (Lipinski definition) is 7. The highest BCUT2D eigenvalue weighted by Gasteiger charge is 2.30. The first-order valence-electron chi connectivity index (χ1n) is 7.00. The van der Waals surface area contributed by atoms with E-state index in [9.17, 15) is 9.59 Å². The van der Waals surface area contributed by atoms with Crippen LogP contribution in [0.4, 0.5) is 0 Å². The summed E-state index contributed by atoms with van der Waals surface area (Å²) in [5.41, 5.74) is 0.386. The third-order valence-electron chi connectivity index (χ3n) is 3.17. The molecule has 0 aliphatic heterocycles. The Bertz CT molecular complexity index is 827. The van der Waals surface area contributed by atoms with Gasteiger partial charge in [-0.1, -0.05) is 18.2 Å². The van der Waals surface area contributed by atoms with E-state index in [2.05, 4.69) is 15.5 Å². The van der Waals surface area contributed by atoms with Gasteiger partial charge in [-0.3, -0.25) is 4.79 Å². The minimum atomic E-state index is -1.22. The van der Waals surface area contributed by atoms with Crippen molar-refractivity contribution in [3.05, 3.63) is 60.2 Å². The summed E-state index contributed by atoms with van der Waals surface area (Å²) >= 11 is 0. The molecule has 8 heteroatoms. The molecule has 0 bridgehead atoms. The molecule has 1 atom stereocenters. The zero-order chi connectivity index (χ0) is 16.9. The first-order chi connectivity index (χ1) is 11.7. The normalized spacial score (nSPS) is 11.7. The quantitative estimate of drug-likeness (QED) is 0.714. The number of ether oxygens (including phenoxy) is 1. The van der Waals surface area contributed by atoms with Crippen LogP contribution in [-0.2, 0) is 9.53 Å². The molecule has 1 aromatic carbocycles. The highest BCUT2D eigenvalue weighted by molar-refractivity contribution is 5.96. The number of hydrogen-bond donors (Lipinski definition) is 1. The van der Waals surface area contributed by atoms with Gasteiger partial charge in [-0.25, -0.2) is 4.79 Å². The van der Waals surface area contributed by atoms with Crippen LogP contribution in [0.3, 0.4) is 0 Å². The highest BCUT2D eigenvalue weighted by Crippen LogP contribution is 2.22. The number of amides is 1. The second-order valence-corrected chi connectivity index (χ2v) is 4.72. The fourth-order valence-electron chi connectivity index (χ4n) is 1.99. The van der Waals surface area contributed by atoms with E-state index >= 15 is 0 Å². The number of benzene rings is 1. The standard InChI is InChI=1S/C16H13N3O5/c1-22-16(21)12(17-13(20)10-6-3-2-4-7-10)15-19-18-14(24-15)11-8-5-9-23-11/h2-9,12H,1H3,(H,17,20). The van der Waals surface area contributed by atoms with Crippen LogP contribution < -0.4 is 5.32 Å². The lowest BCUT2D eigenvalue weighted by Crippen LogP contribution is -2.34. The SMILES string of the molecule is COC(=O)C(NC(=O)c1ccccc1)c1nnc(-c2ccco2)o1. The van der Waals surface area contributed by atoms with E-state index in [-0.39, 0.29) is 11.8 Å². The number of methoxy groups -OCH3 is 1. The van der Waals surface area contributed by atoms with Gasteiger partial charge in [-0.05, 0) is 24.3 Å². The minimum Gasteiger partial charge on any atom is -0.467 e. The fraction of sp³-hybridized carbons (Fsp3) is 0.125. The summed E-state index contributed by atoms with van der Waals surface area (Å²) in [6, 6.07) is 10.5. The van der Waals surface area contributed by atoms with E-state index < -0.39 is 17.9 Å². The molecule has 1 N–H and O–H groups in total. The van der Waals surface area contributed by atoms with Crippen LogP contribution in [0.5, 0.6) is 0 Å². The van der Waals surface area contributed by atoms with E-state index in [0.717, 1.165) is 0 Å². The van der Waals surface area contributed by atoms with Gasteiger partial charge in [0.1, 0.15) is 0 Å². The summed E-state index contributed by atoms with van der Waals surface area (Å²) in [5, 5.41) is 10.1. The molecule has 122 valence electrons. The van der Waals surface area contributed by atoms with Gasteiger partial charge >= 0.3 is 5.97 Å². The maximum Gasteiger partial charge on any atom is 0.338 e. The molecule has 0 fully saturated rings. The molecule has 0 saturated heterocycles. The van der Waals surface area contributed by atoms with Gasteiger partial charge in [-0.15, -0.1) is 10.2 Å². The van der Waals surface area contributed by atoms with E-state index in [0.29, 0.717) is 11.3 Å². The number of rotatable bonds is 5. The largest absolute Gasteiger partial charge is 0.467 e. The Balaban J connectivity index is 1.85. The predicted octanol–water partition coefficient (Wildman–Crippen LogP) is 1.97. The van der Waals surface area contributed by atoms with Crippen LogP contribution in [0, 0.1) is 0 Å². The van der Waals surface area contributed by atoms with E-state index in [1.807, 2.05) is 0 Å². The first-order valence-corrected chi connectivity index (χ1v) is 7.00. The lowest BCUT2D eigenvalue weighted by molar-refractivity contribution is -0.143. The van der Waals surface area contributed by atoms with Gasteiger partial charge in [0.05, 0.1) is 13.4 Å². The molecule has 1 unspecified atom stereocenters. The molecule has 2 heterocycles. The Morgan fingerprint density at radius 3 is 2.58 bits per heavy atom. The summed E-state index contributed by atoms with van der Waals surface area (Å²) in [7, 11) is 1.20. The summed E-state index contributed by atoms with van der Waals surface area (Å²) in [6.07, 6.45) is 1.45. The van der Waals surface area contributed by atoms with E-state index in [1.54, 1.807) is 42.5 Å². The smallest absolute Gasteiger partial charge is 0.338 e. The summed E-state index contributed by atoms with van der Waals surface area (Å²) < 4.78 is 15.3. The third-order valence-corrected chi connectivity index (χ3v) is 3.17. The van der Waals surface area contributed by atoms with Crippen molar-refractivity contribution in [3.8, 4) is 11.7 Å². The van der Waals surface area contributed by atoms with Gasteiger partial charge in [0, 0.05) is 5.56 Å². The van der Waals surface area contributed by atoms with Gasteiger partial charge < -0.3 is 18.9 Å². The first kappa shape index (κ1) is 15.5.